The molecule has 2 rings (SSSR count). The molecule has 0 bridgehead atoms. The number of rotatable bonds is 5. The molecule has 2 nitrogen and oxygen atoms in total. The van der Waals surface area contributed by atoms with Gasteiger partial charge < -0.3 is 10.6 Å². The van der Waals surface area contributed by atoms with Crippen LogP contribution in [0.3, 0.4) is 0 Å². The number of hydrogen-bond acceptors (Lipinski definition) is 3. The van der Waals surface area contributed by atoms with E-state index in [-0.39, 0.29) is 0 Å². The third-order valence-electron chi connectivity index (χ3n) is 3.47. The number of nitrogens with two attached hydrogens (primary N) is 1. The summed E-state index contributed by atoms with van der Waals surface area (Å²) in [5.74, 6) is 1.88. The molecule has 0 aliphatic carbocycles. The SMILES string of the molecule is CC(N)C1CCN(CCSc2ccccc2)C1. The van der Waals surface area contributed by atoms with E-state index in [9.17, 15) is 0 Å². The quantitative estimate of drug-likeness (QED) is 0.814. The molecule has 1 saturated heterocycles. The van der Waals surface area contributed by atoms with Crippen molar-refractivity contribution in [3.8, 4) is 0 Å². The minimum absolute atomic E-state index is 0.349. The van der Waals surface area contributed by atoms with E-state index >= 15 is 0 Å². The van der Waals surface area contributed by atoms with Gasteiger partial charge >= 0.3 is 0 Å². The zero-order valence-electron chi connectivity index (χ0n) is 10.5. The van der Waals surface area contributed by atoms with E-state index in [0.717, 1.165) is 0 Å². The zero-order valence-corrected chi connectivity index (χ0v) is 11.3. The first kappa shape index (κ1) is 12.9. The molecule has 1 aliphatic heterocycles. The van der Waals surface area contributed by atoms with Crippen LogP contribution in [0.4, 0.5) is 0 Å². The standard InChI is InChI=1S/C14H22N2S/c1-12(15)13-7-8-16(11-13)9-10-17-14-5-3-2-4-6-14/h2-6,12-13H,7-11,15H2,1H3. The van der Waals surface area contributed by atoms with Crippen LogP contribution in [-0.2, 0) is 0 Å². The van der Waals surface area contributed by atoms with Crippen molar-refractivity contribution in [3.63, 3.8) is 0 Å². The lowest BCUT2D eigenvalue weighted by Crippen LogP contribution is -2.30. The monoisotopic (exact) mass is 250 g/mol. The molecule has 1 fully saturated rings. The molecule has 0 amide bonds. The van der Waals surface area contributed by atoms with Crippen LogP contribution >= 0.6 is 11.8 Å². The number of benzene rings is 1. The maximum absolute atomic E-state index is 5.95. The molecule has 1 aromatic carbocycles. The molecule has 3 heteroatoms. The van der Waals surface area contributed by atoms with E-state index in [0.29, 0.717) is 12.0 Å². The first-order valence-corrected chi connectivity index (χ1v) is 7.40. The summed E-state index contributed by atoms with van der Waals surface area (Å²) in [6, 6.07) is 11.0. The maximum atomic E-state index is 5.95. The Hall–Kier alpha value is -0.510. The van der Waals surface area contributed by atoms with Gasteiger partial charge in [0.15, 0.2) is 0 Å². The van der Waals surface area contributed by atoms with E-state index in [1.165, 1.54) is 36.7 Å². The van der Waals surface area contributed by atoms with Crippen LogP contribution in [0, 0.1) is 5.92 Å². The van der Waals surface area contributed by atoms with Crippen LogP contribution in [-0.4, -0.2) is 36.3 Å². The number of thioether (sulfide) groups is 1. The maximum Gasteiger partial charge on any atom is 0.0108 e. The second-order valence-electron chi connectivity index (χ2n) is 4.87. The highest BCUT2D eigenvalue weighted by molar-refractivity contribution is 7.99. The van der Waals surface area contributed by atoms with Crippen LogP contribution < -0.4 is 5.73 Å². The Labute approximate surface area is 109 Å². The summed E-state index contributed by atoms with van der Waals surface area (Å²) in [5.41, 5.74) is 5.95. The van der Waals surface area contributed by atoms with Crippen LogP contribution in [0.25, 0.3) is 0 Å². The fourth-order valence-corrected chi connectivity index (χ4v) is 3.24. The van der Waals surface area contributed by atoms with Gasteiger partial charge in [-0.15, -0.1) is 11.8 Å². The summed E-state index contributed by atoms with van der Waals surface area (Å²) in [7, 11) is 0. The Morgan fingerprint density at radius 2 is 2.18 bits per heavy atom. The van der Waals surface area contributed by atoms with E-state index in [1.807, 2.05) is 11.8 Å². The van der Waals surface area contributed by atoms with Crippen molar-refractivity contribution in [1.82, 2.24) is 4.90 Å². The Morgan fingerprint density at radius 3 is 2.82 bits per heavy atom. The summed E-state index contributed by atoms with van der Waals surface area (Å²) in [6.07, 6.45) is 1.27. The zero-order chi connectivity index (χ0) is 12.1. The number of hydrogen-bond donors (Lipinski definition) is 1. The van der Waals surface area contributed by atoms with Crippen LogP contribution in [0.15, 0.2) is 35.2 Å². The Morgan fingerprint density at radius 1 is 1.41 bits per heavy atom. The predicted octanol–water partition coefficient (Wildman–Crippen LogP) is 2.45. The van der Waals surface area contributed by atoms with Crippen molar-refractivity contribution >= 4 is 11.8 Å². The first-order chi connectivity index (χ1) is 8.25. The molecule has 2 unspecified atom stereocenters. The van der Waals surface area contributed by atoms with Gasteiger partial charge in [-0.1, -0.05) is 18.2 Å². The van der Waals surface area contributed by atoms with Gasteiger partial charge in [-0.3, -0.25) is 0 Å². The van der Waals surface area contributed by atoms with E-state index in [2.05, 4.69) is 42.2 Å². The topological polar surface area (TPSA) is 29.3 Å². The molecular formula is C14H22N2S. The van der Waals surface area contributed by atoms with Crippen molar-refractivity contribution in [2.45, 2.75) is 24.3 Å². The summed E-state index contributed by atoms with van der Waals surface area (Å²) < 4.78 is 0. The normalized spacial score (nSPS) is 22.8. The van der Waals surface area contributed by atoms with Crippen molar-refractivity contribution in [1.29, 1.82) is 0 Å². The third-order valence-corrected chi connectivity index (χ3v) is 4.46. The molecular weight excluding hydrogens is 228 g/mol. The van der Waals surface area contributed by atoms with Gasteiger partial charge in [0.2, 0.25) is 0 Å². The van der Waals surface area contributed by atoms with Crippen LogP contribution in [0.1, 0.15) is 13.3 Å². The average molecular weight is 250 g/mol. The summed E-state index contributed by atoms with van der Waals surface area (Å²) in [6.45, 7) is 5.73. The molecule has 0 spiro atoms. The minimum atomic E-state index is 0.349. The molecule has 1 aromatic rings. The molecule has 1 aliphatic rings. The molecule has 0 radical (unpaired) electrons. The van der Waals surface area contributed by atoms with Gasteiger partial charge in [-0.05, 0) is 37.9 Å². The Kier molecular flexibility index (Phi) is 4.89. The lowest BCUT2D eigenvalue weighted by atomic mass is 10.0. The van der Waals surface area contributed by atoms with Crippen LogP contribution in [0.5, 0.6) is 0 Å². The summed E-state index contributed by atoms with van der Waals surface area (Å²) >= 11 is 1.94. The highest BCUT2D eigenvalue weighted by Crippen LogP contribution is 2.21. The fourth-order valence-electron chi connectivity index (χ4n) is 2.30. The van der Waals surface area contributed by atoms with Gasteiger partial charge in [-0.2, -0.15) is 0 Å². The second-order valence-corrected chi connectivity index (χ2v) is 6.04. The number of likely N-dealkylation sites (tertiary alicyclic amines) is 1. The largest absolute Gasteiger partial charge is 0.328 e. The first-order valence-electron chi connectivity index (χ1n) is 6.41. The molecule has 0 aromatic heterocycles. The molecule has 1 heterocycles. The highest BCUT2D eigenvalue weighted by atomic mass is 32.2. The van der Waals surface area contributed by atoms with Crippen molar-refractivity contribution < 1.29 is 0 Å². The lowest BCUT2D eigenvalue weighted by Gasteiger charge is -2.17. The van der Waals surface area contributed by atoms with Gasteiger partial charge in [0.05, 0.1) is 0 Å². The smallest absolute Gasteiger partial charge is 0.0108 e. The molecule has 94 valence electrons. The Balaban J connectivity index is 1.67. The second kappa shape index (κ2) is 6.43. The molecule has 2 atom stereocenters. The molecule has 17 heavy (non-hydrogen) atoms. The summed E-state index contributed by atoms with van der Waals surface area (Å²) in [5, 5.41) is 0. The molecule has 2 N–H and O–H groups in total. The van der Waals surface area contributed by atoms with Crippen molar-refractivity contribution in [3.05, 3.63) is 30.3 Å². The van der Waals surface area contributed by atoms with Crippen molar-refractivity contribution in [2.24, 2.45) is 11.7 Å². The lowest BCUT2D eigenvalue weighted by molar-refractivity contribution is 0.334. The van der Waals surface area contributed by atoms with Gasteiger partial charge in [0.25, 0.3) is 0 Å². The van der Waals surface area contributed by atoms with E-state index < -0.39 is 0 Å². The fraction of sp³-hybridized carbons (Fsp3) is 0.571. The van der Waals surface area contributed by atoms with E-state index in [4.69, 9.17) is 5.73 Å². The molecule has 0 saturated carbocycles. The van der Waals surface area contributed by atoms with Crippen molar-refractivity contribution in [2.75, 3.05) is 25.4 Å². The third kappa shape index (κ3) is 4.02. The predicted molar refractivity (Wildman–Crippen MR) is 75.4 cm³/mol. The van der Waals surface area contributed by atoms with E-state index in [1.54, 1.807) is 0 Å². The minimum Gasteiger partial charge on any atom is -0.328 e. The van der Waals surface area contributed by atoms with Gasteiger partial charge in [-0.25, -0.2) is 0 Å². The average Bonchev–Trinajstić information content (AvgIpc) is 2.79. The Bertz CT molecular complexity index is 326. The van der Waals surface area contributed by atoms with Crippen LogP contribution in [0.2, 0.25) is 0 Å². The van der Waals surface area contributed by atoms with Gasteiger partial charge in [0.1, 0.15) is 0 Å². The highest BCUT2D eigenvalue weighted by Gasteiger charge is 2.24. The van der Waals surface area contributed by atoms with Gasteiger partial charge in [0, 0.05) is 29.8 Å². The number of nitrogens with zero attached hydrogens (tertiary/aromatic N) is 1. The summed E-state index contributed by atoms with van der Waals surface area (Å²) in [4.78, 5) is 3.92.